The summed E-state index contributed by atoms with van der Waals surface area (Å²) in [5, 5.41) is 2.94. The number of ether oxygens (including phenoxy) is 1. The molecule has 186 valence electrons. The highest BCUT2D eigenvalue weighted by atomic mass is 32.2. The van der Waals surface area contributed by atoms with Crippen LogP contribution in [0.15, 0.2) is 83.8 Å². The first kappa shape index (κ1) is 26.3. The van der Waals surface area contributed by atoms with Crippen LogP contribution >= 0.6 is 0 Å². The zero-order chi connectivity index (χ0) is 25.6. The predicted octanol–water partition coefficient (Wildman–Crippen LogP) is 5.46. The molecule has 0 bridgehead atoms. The van der Waals surface area contributed by atoms with Gasteiger partial charge in [0.25, 0.3) is 10.0 Å². The largest absolute Gasteiger partial charge is 0.494 e. The van der Waals surface area contributed by atoms with Crippen molar-refractivity contribution in [2.75, 3.05) is 17.5 Å². The Kier molecular flexibility index (Phi) is 8.22. The third-order valence-electron chi connectivity index (χ3n) is 5.71. The van der Waals surface area contributed by atoms with Crippen LogP contribution in [0.4, 0.5) is 5.69 Å². The number of hydrogen-bond acceptors (Lipinski definition) is 4. The van der Waals surface area contributed by atoms with Crippen LogP contribution in [-0.2, 0) is 20.2 Å². The van der Waals surface area contributed by atoms with Gasteiger partial charge in [0, 0.05) is 0 Å². The summed E-state index contributed by atoms with van der Waals surface area (Å²) in [4.78, 5) is 13.2. The van der Waals surface area contributed by atoms with Gasteiger partial charge in [0.05, 0.1) is 23.2 Å². The number of benzene rings is 3. The van der Waals surface area contributed by atoms with E-state index in [1.54, 1.807) is 42.5 Å². The number of rotatable bonds is 9. The zero-order valence-corrected chi connectivity index (χ0v) is 21.8. The number of amides is 1. The van der Waals surface area contributed by atoms with Crippen LogP contribution in [0.25, 0.3) is 0 Å². The van der Waals surface area contributed by atoms with Crippen molar-refractivity contribution in [3.8, 4) is 5.75 Å². The van der Waals surface area contributed by atoms with E-state index in [4.69, 9.17) is 4.74 Å². The quantitative estimate of drug-likeness (QED) is 0.429. The van der Waals surface area contributed by atoms with Crippen molar-refractivity contribution in [2.45, 2.75) is 51.0 Å². The van der Waals surface area contributed by atoms with Crippen molar-refractivity contribution >= 4 is 21.6 Å². The molecule has 1 N–H and O–H groups in total. The summed E-state index contributed by atoms with van der Waals surface area (Å²) in [5.74, 6) is 0.232. The minimum atomic E-state index is -3.97. The molecule has 3 aromatic carbocycles. The van der Waals surface area contributed by atoms with E-state index < -0.39 is 15.9 Å². The number of carbonyl (C=O) groups excluding carboxylic acids is 1. The van der Waals surface area contributed by atoms with E-state index in [1.165, 1.54) is 17.7 Å². The number of nitrogens with one attached hydrogen (secondary N) is 1. The molecule has 0 fully saturated rings. The van der Waals surface area contributed by atoms with Crippen molar-refractivity contribution in [3.05, 3.63) is 90.0 Å². The molecule has 0 saturated heterocycles. The van der Waals surface area contributed by atoms with E-state index in [0.29, 0.717) is 18.0 Å². The maximum Gasteiger partial charge on any atom is 0.264 e. The third kappa shape index (κ3) is 6.63. The van der Waals surface area contributed by atoms with Gasteiger partial charge >= 0.3 is 0 Å². The number of carbonyl (C=O) groups is 1. The maximum absolute atomic E-state index is 13.5. The molecule has 0 saturated carbocycles. The summed E-state index contributed by atoms with van der Waals surface area (Å²) in [6, 6.07) is 22.6. The van der Waals surface area contributed by atoms with Gasteiger partial charge in [-0.2, -0.15) is 0 Å². The lowest BCUT2D eigenvalue weighted by Crippen LogP contribution is -2.41. The zero-order valence-electron chi connectivity index (χ0n) is 21.0. The second kappa shape index (κ2) is 11.0. The Morgan fingerprint density at radius 1 is 0.943 bits per heavy atom. The molecule has 3 aromatic rings. The number of sulfonamides is 1. The lowest BCUT2D eigenvalue weighted by Gasteiger charge is -2.25. The van der Waals surface area contributed by atoms with Crippen LogP contribution in [0, 0.1) is 0 Å². The van der Waals surface area contributed by atoms with Crippen molar-refractivity contribution in [3.63, 3.8) is 0 Å². The molecule has 0 aliphatic carbocycles. The Hall–Kier alpha value is -3.32. The van der Waals surface area contributed by atoms with Crippen LogP contribution in [-0.4, -0.2) is 27.5 Å². The maximum atomic E-state index is 13.5. The van der Waals surface area contributed by atoms with E-state index in [-0.39, 0.29) is 22.9 Å². The van der Waals surface area contributed by atoms with Crippen molar-refractivity contribution in [1.82, 2.24) is 5.32 Å². The fraction of sp³-hybridized carbons (Fsp3) is 0.321. The molecule has 0 aromatic heterocycles. The molecule has 0 radical (unpaired) electrons. The van der Waals surface area contributed by atoms with Gasteiger partial charge in [-0.3, -0.25) is 9.10 Å². The minimum absolute atomic E-state index is 0.0367. The normalized spacial score (nSPS) is 12.6. The summed E-state index contributed by atoms with van der Waals surface area (Å²) in [6.07, 6.45) is 0. The van der Waals surface area contributed by atoms with Crippen LogP contribution < -0.4 is 14.4 Å². The summed E-state index contributed by atoms with van der Waals surface area (Å²) < 4.78 is 33.6. The first-order valence-corrected chi connectivity index (χ1v) is 13.2. The number of hydrogen-bond donors (Lipinski definition) is 1. The summed E-state index contributed by atoms with van der Waals surface area (Å²) >= 11 is 0. The highest BCUT2D eigenvalue weighted by Crippen LogP contribution is 2.27. The van der Waals surface area contributed by atoms with Crippen LogP contribution in [0.3, 0.4) is 0 Å². The van der Waals surface area contributed by atoms with Crippen molar-refractivity contribution in [1.29, 1.82) is 0 Å². The minimum Gasteiger partial charge on any atom is -0.494 e. The second-order valence-corrected chi connectivity index (χ2v) is 11.3. The molecular weight excluding hydrogens is 460 g/mol. The Labute approximate surface area is 209 Å². The highest BCUT2D eigenvalue weighted by Gasteiger charge is 2.27. The van der Waals surface area contributed by atoms with Crippen LogP contribution in [0.5, 0.6) is 5.75 Å². The lowest BCUT2D eigenvalue weighted by atomic mass is 9.86. The molecule has 0 heterocycles. The number of nitrogens with zero attached hydrogens (tertiary/aromatic N) is 1. The van der Waals surface area contributed by atoms with E-state index in [2.05, 4.69) is 38.2 Å². The lowest BCUT2D eigenvalue weighted by molar-refractivity contribution is -0.120. The van der Waals surface area contributed by atoms with Crippen LogP contribution in [0.1, 0.15) is 51.8 Å². The second-order valence-electron chi connectivity index (χ2n) is 9.41. The Morgan fingerprint density at radius 3 is 2.09 bits per heavy atom. The van der Waals surface area contributed by atoms with Crippen LogP contribution in [0.2, 0.25) is 0 Å². The fourth-order valence-corrected chi connectivity index (χ4v) is 5.12. The van der Waals surface area contributed by atoms with Gasteiger partial charge in [-0.25, -0.2) is 8.42 Å². The average Bonchev–Trinajstić information content (AvgIpc) is 2.83. The molecule has 7 heteroatoms. The smallest absolute Gasteiger partial charge is 0.264 e. The molecule has 0 unspecified atom stereocenters. The topological polar surface area (TPSA) is 75.7 Å². The first-order valence-electron chi connectivity index (χ1n) is 11.7. The van der Waals surface area contributed by atoms with Crippen molar-refractivity contribution < 1.29 is 17.9 Å². The van der Waals surface area contributed by atoms with Gasteiger partial charge in [0.15, 0.2) is 0 Å². The molecular formula is C28H34N2O4S. The highest BCUT2D eigenvalue weighted by molar-refractivity contribution is 7.92. The van der Waals surface area contributed by atoms with E-state index in [9.17, 15) is 13.2 Å². The van der Waals surface area contributed by atoms with Crippen molar-refractivity contribution in [2.24, 2.45) is 0 Å². The Balaban J connectivity index is 1.83. The molecule has 1 amide bonds. The summed E-state index contributed by atoms with van der Waals surface area (Å²) in [7, 11) is -3.97. The molecule has 1 atom stereocenters. The SMILES string of the molecule is CCOc1ccc(N(CC(=O)N[C@@H](C)c2ccc(C(C)(C)C)cc2)S(=O)(=O)c2ccccc2)cc1. The van der Waals surface area contributed by atoms with E-state index >= 15 is 0 Å². The van der Waals surface area contributed by atoms with E-state index in [0.717, 1.165) is 9.87 Å². The Morgan fingerprint density at radius 2 is 1.54 bits per heavy atom. The molecule has 6 nitrogen and oxygen atoms in total. The fourth-order valence-electron chi connectivity index (χ4n) is 3.68. The van der Waals surface area contributed by atoms with Gasteiger partial charge in [0.1, 0.15) is 12.3 Å². The molecule has 35 heavy (non-hydrogen) atoms. The standard InChI is InChI=1S/C28H34N2O4S/c1-6-34-25-18-16-24(17-19-25)30(35(32,33)26-10-8-7-9-11-26)20-27(31)29-21(2)22-12-14-23(15-13-22)28(3,4)5/h7-19,21H,6,20H2,1-5H3,(H,29,31)/t21-/m0/s1. The van der Waals surface area contributed by atoms with Gasteiger partial charge in [-0.1, -0.05) is 63.2 Å². The number of anilines is 1. The third-order valence-corrected chi connectivity index (χ3v) is 7.50. The molecule has 3 rings (SSSR count). The summed E-state index contributed by atoms with van der Waals surface area (Å²) in [5.41, 5.74) is 2.57. The van der Waals surface area contributed by atoms with E-state index in [1.807, 2.05) is 26.0 Å². The first-order chi connectivity index (χ1) is 16.5. The van der Waals surface area contributed by atoms with Gasteiger partial charge in [-0.05, 0) is 66.8 Å². The summed E-state index contributed by atoms with van der Waals surface area (Å²) in [6.45, 7) is 10.4. The van der Waals surface area contributed by atoms with Gasteiger partial charge < -0.3 is 10.1 Å². The monoisotopic (exact) mass is 494 g/mol. The van der Waals surface area contributed by atoms with Gasteiger partial charge in [0.2, 0.25) is 5.91 Å². The molecule has 0 aliphatic heterocycles. The molecule has 0 spiro atoms. The van der Waals surface area contributed by atoms with Gasteiger partial charge in [-0.15, -0.1) is 0 Å². The predicted molar refractivity (Wildman–Crippen MR) is 140 cm³/mol. The molecule has 0 aliphatic rings. The Bertz CT molecular complexity index is 1220. The average molecular weight is 495 g/mol.